The van der Waals surface area contributed by atoms with Crippen molar-refractivity contribution < 1.29 is 14.1 Å². The monoisotopic (exact) mass is 266 g/mol. The number of hydrogen-bond donors (Lipinski definition) is 0. The predicted octanol–water partition coefficient (Wildman–Crippen LogP) is 2.64. The average molecular weight is 266 g/mol. The highest BCUT2D eigenvalue weighted by atomic mass is 16.5. The van der Waals surface area contributed by atoms with Crippen molar-refractivity contribution in [2.45, 2.75) is 58.5 Å². The van der Waals surface area contributed by atoms with Gasteiger partial charge in [-0.05, 0) is 25.7 Å². The molecule has 2 rings (SSSR count). The second-order valence-corrected chi connectivity index (χ2v) is 6.27. The van der Waals surface area contributed by atoms with Crippen LogP contribution >= 0.6 is 0 Å². The molecule has 0 aliphatic heterocycles. The Morgan fingerprint density at radius 3 is 2.53 bits per heavy atom. The van der Waals surface area contributed by atoms with Gasteiger partial charge in [-0.2, -0.15) is 4.98 Å². The summed E-state index contributed by atoms with van der Waals surface area (Å²) in [4.78, 5) is 16.3. The summed E-state index contributed by atoms with van der Waals surface area (Å²) in [5.74, 6) is 1.07. The molecule has 0 unspecified atom stereocenters. The molecule has 5 nitrogen and oxygen atoms in total. The predicted molar refractivity (Wildman–Crippen MR) is 69.6 cm³/mol. The molecule has 1 aliphatic carbocycles. The van der Waals surface area contributed by atoms with Crippen LogP contribution in [0.2, 0.25) is 0 Å². The van der Waals surface area contributed by atoms with Crippen molar-refractivity contribution in [3.63, 3.8) is 0 Å². The van der Waals surface area contributed by atoms with E-state index in [2.05, 4.69) is 10.1 Å². The number of carbonyl (C=O) groups excluding carboxylic acids is 1. The zero-order valence-electron chi connectivity index (χ0n) is 12.2. The third-order valence-corrected chi connectivity index (χ3v) is 3.83. The van der Waals surface area contributed by atoms with E-state index in [1.807, 2.05) is 20.8 Å². The minimum Gasteiger partial charge on any atom is -0.370 e. The van der Waals surface area contributed by atoms with Gasteiger partial charge in [0.1, 0.15) is 11.4 Å². The Morgan fingerprint density at radius 1 is 1.37 bits per heavy atom. The summed E-state index contributed by atoms with van der Waals surface area (Å²) in [5.41, 5.74) is -0.798. The molecule has 5 heteroatoms. The molecule has 0 radical (unpaired) electrons. The first-order valence-corrected chi connectivity index (χ1v) is 6.79. The van der Waals surface area contributed by atoms with Crippen molar-refractivity contribution in [3.05, 3.63) is 11.7 Å². The molecule has 1 saturated carbocycles. The maximum atomic E-state index is 12.0. The number of ketones is 1. The van der Waals surface area contributed by atoms with Crippen molar-refractivity contribution in [2.75, 3.05) is 7.11 Å². The van der Waals surface area contributed by atoms with Gasteiger partial charge in [-0.25, -0.2) is 0 Å². The molecular weight excluding hydrogens is 244 g/mol. The van der Waals surface area contributed by atoms with Gasteiger partial charge < -0.3 is 9.26 Å². The molecule has 19 heavy (non-hydrogen) atoms. The lowest BCUT2D eigenvalue weighted by Gasteiger charge is -2.22. The second kappa shape index (κ2) is 5.04. The topological polar surface area (TPSA) is 65.2 Å². The first-order valence-electron chi connectivity index (χ1n) is 6.79. The fourth-order valence-corrected chi connectivity index (χ4v) is 2.38. The summed E-state index contributed by atoms with van der Waals surface area (Å²) < 4.78 is 10.8. The van der Waals surface area contributed by atoms with E-state index in [4.69, 9.17) is 9.26 Å². The van der Waals surface area contributed by atoms with E-state index >= 15 is 0 Å². The summed E-state index contributed by atoms with van der Waals surface area (Å²) in [6.45, 7) is 5.67. The lowest BCUT2D eigenvalue weighted by atomic mass is 9.89. The smallest absolute Gasteiger partial charge is 0.234 e. The minimum atomic E-state index is -0.410. The molecule has 1 heterocycles. The SMILES string of the molecule is COC1(c2noc(CC(=O)C(C)(C)C)n2)CCCC1. The van der Waals surface area contributed by atoms with Gasteiger partial charge >= 0.3 is 0 Å². The normalized spacial score (nSPS) is 18.7. The molecule has 0 atom stereocenters. The number of carbonyl (C=O) groups is 1. The number of Topliss-reactive ketones (excluding diaryl/α,β-unsaturated/α-hetero) is 1. The number of ether oxygens (including phenoxy) is 1. The minimum absolute atomic E-state index is 0.0978. The Morgan fingerprint density at radius 2 is 2.00 bits per heavy atom. The highest BCUT2D eigenvalue weighted by Crippen LogP contribution is 2.40. The standard InChI is InChI=1S/C14H22N2O3/c1-13(2,3)10(17)9-11-15-12(16-19-11)14(18-4)7-5-6-8-14/h5-9H2,1-4H3. The van der Waals surface area contributed by atoms with E-state index in [-0.39, 0.29) is 17.6 Å². The molecule has 0 aromatic carbocycles. The van der Waals surface area contributed by atoms with Gasteiger partial charge in [0.25, 0.3) is 0 Å². The second-order valence-electron chi connectivity index (χ2n) is 6.27. The zero-order chi connectivity index (χ0) is 14.1. The van der Waals surface area contributed by atoms with Gasteiger partial charge in [0.05, 0.1) is 6.42 Å². The van der Waals surface area contributed by atoms with E-state index in [0.717, 1.165) is 25.7 Å². The Balaban J connectivity index is 2.13. The highest BCUT2D eigenvalue weighted by molar-refractivity contribution is 5.84. The van der Waals surface area contributed by atoms with E-state index < -0.39 is 5.60 Å². The summed E-state index contributed by atoms with van der Waals surface area (Å²) in [6, 6.07) is 0. The fraction of sp³-hybridized carbons (Fsp3) is 0.786. The molecule has 1 aliphatic rings. The number of aromatic nitrogens is 2. The van der Waals surface area contributed by atoms with Gasteiger partial charge in [-0.3, -0.25) is 4.79 Å². The molecule has 0 amide bonds. The zero-order valence-corrected chi connectivity index (χ0v) is 12.2. The number of nitrogens with zero attached hydrogens (tertiary/aromatic N) is 2. The van der Waals surface area contributed by atoms with Crippen LogP contribution in [-0.4, -0.2) is 23.0 Å². The average Bonchev–Trinajstić information content (AvgIpc) is 2.96. The first-order chi connectivity index (χ1) is 8.87. The molecule has 0 N–H and O–H groups in total. The number of methoxy groups -OCH3 is 1. The van der Waals surface area contributed by atoms with Crippen molar-refractivity contribution in [1.82, 2.24) is 10.1 Å². The van der Waals surface area contributed by atoms with E-state index in [1.165, 1.54) is 0 Å². The molecule has 1 aromatic rings. The van der Waals surface area contributed by atoms with Gasteiger partial charge in [0.2, 0.25) is 11.7 Å². The van der Waals surface area contributed by atoms with Crippen LogP contribution < -0.4 is 0 Å². The summed E-state index contributed by atoms with van der Waals surface area (Å²) in [7, 11) is 1.68. The maximum absolute atomic E-state index is 12.0. The summed E-state index contributed by atoms with van der Waals surface area (Å²) >= 11 is 0. The first kappa shape index (κ1) is 14.2. The molecule has 0 spiro atoms. The van der Waals surface area contributed by atoms with Crippen molar-refractivity contribution in [1.29, 1.82) is 0 Å². The highest BCUT2D eigenvalue weighted by Gasteiger charge is 2.40. The van der Waals surface area contributed by atoms with Crippen molar-refractivity contribution >= 4 is 5.78 Å². The van der Waals surface area contributed by atoms with Crippen LogP contribution in [0.15, 0.2) is 4.52 Å². The van der Waals surface area contributed by atoms with Crippen LogP contribution in [0.1, 0.15) is 58.2 Å². The van der Waals surface area contributed by atoms with Gasteiger partial charge in [-0.1, -0.05) is 25.9 Å². The van der Waals surface area contributed by atoms with E-state index in [9.17, 15) is 4.79 Å². The van der Waals surface area contributed by atoms with Gasteiger partial charge in [0.15, 0.2) is 0 Å². The van der Waals surface area contributed by atoms with Crippen molar-refractivity contribution in [3.8, 4) is 0 Å². The van der Waals surface area contributed by atoms with Crippen LogP contribution in [0, 0.1) is 5.41 Å². The van der Waals surface area contributed by atoms with Gasteiger partial charge in [-0.15, -0.1) is 0 Å². The third kappa shape index (κ3) is 2.86. The molecule has 0 saturated heterocycles. The molecule has 0 bridgehead atoms. The lowest BCUT2D eigenvalue weighted by molar-refractivity contribution is -0.125. The van der Waals surface area contributed by atoms with Crippen LogP contribution in [-0.2, 0) is 21.6 Å². The van der Waals surface area contributed by atoms with Crippen molar-refractivity contribution in [2.24, 2.45) is 5.41 Å². The van der Waals surface area contributed by atoms with Gasteiger partial charge in [0, 0.05) is 12.5 Å². The Hall–Kier alpha value is -1.23. The molecular formula is C14H22N2O3. The quantitative estimate of drug-likeness (QED) is 0.838. The lowest BCUT2D eigenvalue weighted by Crippen LogP contribution is -2.26. The largest absolute Gasteiger partial charge is 0.370 e. The summed E-state index contributed by atoms with van der Waals surface area (Å²) in [5, 5.41) is 4.01. The van der Waals surface area contributed by atoms with Crippen LogP contribution in [0.3, 0.4) is 0 Å². The Kier molecular flexibility index (Phi) is 3.76. The Bertz CT molecular complexity index is 454. The molecule has 1 aromatic heterocycles. The van der Waals surface area contributed by atoms with Crippen LogP contribution in [0.5, 0.6) is 0 Å². The number of hydrogen-bond acceptors (Lipinski definition) is 5. The van der Waals surface area contributed by atoms with E-state index in [1.54, 1.807) is 7.11 Å². The third-order valence-electron chi connectivity index (χ3n) is 3.83. The maximum Gasteiger partial charge on any atom is 0.234 e. The number of rotatable bonds is 4. The molecule has 106 valence electrons. The van der Waals surface area contributed by atoms with Crippen LogP contribution in [0.25, 0.3) is 0 Å². The Labute approximate surface area is 113 Å². The van der Waals surface area contributed by atoms with E-state index in [0.29, 0.717) is 11.7 Å². The molecule has 1 fully saturated rings. The fourth-order valence-electron chi connectivity index (χ4n) is 2.38. The van der Waals surface area contributed by atoms with Crippen LogP contribution in [0.4, 0.5) is 0 Å². The summed E-state index contributed by atoms with van der Waals surface area (Å²) in [6.07, 6.45) is 4.24.